The average Bonchev–Trinajstić information content (AvgIpc) is 2.81. The first-order valence-electron chi connectivity index (χ1n) is 11.3. The molecule has 0 bridgehead atoms. The van der Waals surface area contributed by atoms with Gasteiger partial charge in [-0.25, -0.2) is 8.78 Å². The van der Waals surface area contributed by atoms with Gasteiger partial charge in [0.05, 0.1) is 19.0 Å². The molecule has 3 N–H and O–H groups in total. The molecule has 0 saturated heterocycles. The SMILES string of the molecule is Cc1cccc(C)c1-c1cc(F)c(F)c(C(CC(=O)O)NC(=O)CNC(=O)/C(=C/C=C\C=O)N(C)C)c1. The van der Waals surface area contributed by atoms with Crippen LogP contribution in [-0.2, 0) is 19.2 Å². The number of carboxylic acids is 1. The Labute approximate surface area is 213 Å². The third kappa shape index (κ3) is 7.83. The number of allylic oxidation sites excluding steroid dienone is 3. The van der Waals surface area contributed by atoms with Crippen LogP contribution in [0.1, 0.15) is 29.2 Å². The molecule has 2 aromatic rings. The molecule has 8 nitrogen and oxygen atoms in total. The summed E-state index contributed by atoms with van der Waals surface area (Å²) in [6.07, 6.45) is 3.72. The Morgan fingerprint density at radius 2 is 1.73 bits per heavy atom. The van der Waals surface area contributed by atoms with Crippen LogP contribution in [0.3, 0.4) is 0 Å². The number of aldehydes is 1. The maximum atomic E-state index is 14.9. The highest BCUT2D eigenvalue weighted by atomic mass is 19.2. The summed E-state index contributed by atoms with van der Waals surface area (Å²) < 4.78 is 29.5. The zero-order valence-electron chi connectivity index (χ0n) is 21.0. The first kappa shape index (κ1) is 28.9. The molecule has 2 rings (SSSR count). The quantitative estimate of drug-likeness (QED) is 0.242. The number of carboxylic acid groups (broad SMARTS) is 1. The Balaban J connectivity index is 2.33. The summed E-state index contributed by atoms with van der Waals surface area (Å²) in [6, 6.07) is 6.40. The van der Waals surface area contributed by atoms with Crippen LogP contribution in [0.2, 0.25) is 0 Å². The van der Waals surface area contributed by atoms with Crippen molar-refractivity contribution < 1.29 is 33.1 Å². The van der Waals surface area contributed by atoms with Crippen LogP contribution < -0.4 is 10.6 Å². The largest absolute Gasteiger partial charge is 0.481 e. The summed E-state index contributed by atoms with van der Waals surface area (Å²) in [7, 11) is 3.17. The Morgan fingerprint density at radius 1 is 1.08 bits per heavy atom. The smallest absolute Gasteiger partial charge is 0.305 e. The number of nitrogens with zero attached hydrogens (tertiary/aromatic N) is 1. The minimum Gasteiger partial charge on any atom is -0.481 e. The van der Waals surface area contributed by atoms with Gasteiger partial charge < -0.3 is 20.6 Å². The van der Waals surface area contributed by atoms with Crippen molar-refractivity contribution in [3.63, 3.8) is 0 Å². The number of halogens is 2. The Bertz CT molecular complexity index is 1230. The van der Waals surface area contributed by atoms with Crippen LogP contribution in [0, 0.1) is 25.5 Å². The van der Waals surface area contributed by atoms with Gasteiger partial charge in [0.15, 0.2) is 11.6 Å². The molecule has 1 unspecified atom stereocenters. The van der Waals surface area contributed by atoms with Crippen molar-refractivity contribution in [2.75, 3.05) is 20.6 Å². The van der Waals surface area contributed by atoms with Gasteiger partial charge in [-0.15, -0.1) is 0 Å². The van der Waals surface area contributed by atoms with E-state index in [4.69, 9.17) is 0 Å². The van der Waals surface area contributed by atoms with Gasteiger partial charge in [-0.1, -0.05) is 24.3 Å². The van der Waals surface area contributed by atoms with E-state index in [1.807, 2.05) is 32.0 Å². The number of likely N-dealkylation sites (N-methyl/N-ethyl adjacent to an activating group) is 1. The number of carbonyl (C=O) groups excluding carboxylic acids is 3. The molecule has 1 atom stereocenters. The fraction of sp³-hybridized carbons (Fsp3) is 0.259. The van der Waals surface area contributed by atoms with Gasteiger partial charge >= 0.3 is 5.97 Å². The molecule has 0 saturated carbocycles. The lowest BCUT2D eigenvalue weighted by atomic mass is 9.92. The van der Waals surface area contributed by atoms with E-state index in [2.05, 4.69) is 10.6 Å². The number of amides is 2. The van der Waals surface area contributed by atoms with Crippen LogP contribution in [0.4, 0.5) is 8.78 Å². The van der Waals surface area contributed by atoms with E-state index in [1.165, 1.54) is 29.2 Å². The second kappa shape index (κ2) is 13.1. The second-order valence-electron chi connectivity index (χ2n) is 8.50. The van der Waals surface area contributed by atoms with Crippen LogP contribution in [0.15, 0.2) is 54.3 Å². The molecular weight excluding hydrogens is 484 g/mol. The zero-order chi connectivity index (χ0) is 27.7. The number of hydrogen-bond donors (Lipinski definition) is 3. The first-order chi connectivity index (χ1) is 17.5. The number of nitrogens with one attached hydrogen (secondary N) is 2. The van der Waals surface area contributed by atoms with Gasteiger partial charge in [0, 0.05) is 19.7 Å². The molecule has 2 amide bonds. The molecule has 37 heavy (non-hydrogen) atoms. The maximum absolute atomic E-state index is 14.9. The van der Waals surface area contributed by atoms with E-state index in [0.29, 0.717) is 17.4 Å². The van der Waals surface area contributed by atoms with Gasteiger partial charge in [0.25, 0.3) is 5.91 Å². The van der Waals surface area contributed by atoms with E-state index >= 15 is 0 Å². The molecule has 0 aliphatic heterocycles. The lowest BCUT2D eigenvalue weighted by molar-refractivity contribution is -0.138. The summed E-state index contributed by atoms with van der Waals surface area (Å²) in [5.74, 6) is -5.24. The van der Waals surface area contributed by atoms with Gasteiger partial charge in [0.1, 0.15) is 12.0 Å². The molecular formula is C27H29F2N3O5. The maximum Gasteiger partial charge on any atom is 0.305 e. The van der Waals surface area contributed by atoms with Crippen LogP contribution in [0.5, 0.6) is 0 Å². The van der Waals surface area contributed by atoms with Crippen LogP contribution in [-0.4, -0.2) is 54.7 Å². The molecule has 2 aromatic carbocycles. The van der Waals surface area contributed by atoms with E-state index < -0.39 is 48.4 Å². The highest BCUT2D eigenvalue weighted by Crippen LogP contribution is 2.32. The highest BCUT2D eigenvalue weighted by molar-refractivity contribution is 5.95. The molecule has 0 aliphatic carbocycles. The lowest BCUT2D eigenvalue weighted by Gasteiger charge is -2.21. The summed E-state index contributed by atoms with van der Waals surface area (Å²) in [5, 5.41) is 14.1. The molecule has 196 valence electrons. The third-order valence-corrected chi connectivity index (χ3v) is 5.48. The zero-order valence-corrected chi connectivity index (χ0v) is 21.0. The Hall–Kier alpha value is -4.34. The molecule has 0 radical (unpaired) electrons. The topological polar surface area (TPSA) is 116 Å². The van der Waals surface area contributed by atoms with Crippen molar-refractivity contribution in [2.45, 2.75) is 26.3 Å². The highest BCUT2D eigenvalue weighted by Gasteiger charge is 2.25. The first-order valence-corrected chi connectivity index (χ1v) is 11.3. The molecule has 0 aromatic heterocycles. The number of hydrogen-bond acceptors (Lipinski definition) is 5. The monoisotopic (exact) mass is 513 g/mol. The number of aryl methyl sites for hydroxylation is 2. The van der Waals surface area contributed by atoms with Crippen molar-refractivity contribution in [3.05, 3.63) is 82.6 Å². The summed E-state index contributed by atoms with van der Waals surface area (Å²) in [5.41, 5.74) is 2.45. The molecule has 10 heteroatoms. The van der Waals surface area contributed by atoms with Gasteiger partial charge in [0.2, 0.25) is 5.91 Å². The van der Waals surface area contributed by atoms with Gasteiger partial charge in [-0.3, -0.25) is 19.2 Å². The number of aliphatic carboxylic acids is 1. The standard InChI is InChI=1S/C27H29F2N3O5/c1-16-8-7-9-17(2)25(16)18-12-19(26(29)20(28)13-18)21(14-24(35)36)31-23(34)15-30-27(37)22(32(3)4)10-5-6-11-33/h5-13,21H,14-15H2,1-4H3,(H,30,37)(H,31,34)(H,35,36)/b6-5-,22-10-. The lowest BCUT2D eigenvalue weighted by Crippen LogP contribution is -2.41. The van der Waals surface area contributed by atoms with Crippen molar-refractivity contribution >= 4 is 24.1 Å². The summed E-state index contributed by atoms with van der Waals surface area (Å²) >= 11 is 0. The molecule has 0 aliphatic rings. The van der Waals surface area contributed by atoms with Crippen molar-refractivity contribution in [1.29, 1.82) is 0 Å². The normalized spacial score (nSPS) is 12.2. The Kier molecular flexibility index (Phi) is 10.2. The van der Waals surface area contributed by atoms with E-state index in [-0.39, 0.29) is 11.3 Å². The fourth-order valence-electron chi connectivity index (χ4n) is 3.81. The summed E-state index contributed by atoms with van der Waals surface area (Å²) in [4.78, 5) is 48.5. The average molecular weight is 514 g/mol. The second-order valence-corrected chi connectivity index (χ2v) is 8.50. The van der Waals surface area contributed by atoms with Crippen LogP contribution in [0.25, 0.3) is 11.1 Å². The summed E-state index contributed by atoms with van der Waals surface area (Å²) in [6.45, 7) is 3.07. The van der Waals surface area contributed by atoms with Gasteiger partial charge in [-0.2, -0.15) is 0 Å². The van der Waals surface area contributed by atoms with E-state index in [0.717, 1.165) is 17.2 Å². The minimum atomic E-state index is -1.40. The molecule has 0 fully saturated rings. The predicted octanol–water partition coefficient (Wildman–Crippen LogP) is 3.20. The van der Waals surface area contributed by atoms with Crippen molar-refractivity contribution in [1.82, 2.24) is 15.5 Å². The van der Waals surface area contributed by atoms with Gasteiger partial charge in [-0.05, 0) is 60.4 Å². The van der Waals surface area contributed by atoms with E-state index in [1.54, 1.807) is 14.1 Å². The number of rotatable bonds is 11. The molecule has 0 heterocycles. The van der Waals surface area contributed by atoms with Crippen LogP contribution >= 0.6 is 0 Å². The number of benzene rings is 2. The third-order valence-electron chi connectivity index (χ3n) is 5.48. The number of carbonyl (C=O) groups is 4. The fourth-order valence-corrected chi connectivity index (χ4v) is 3.81. The molecule has 0 spiro atoms. The van der Waals surface area contributed by atoms with E-state index in [9.17, 15) is 33.1 Å². The minimum absolute atomic E-state index is 0.141. The van der Waals surface area contributed by atoms with Crippen molar-refractivity contribution in [3.8, 4) is 11.1 Å². The Morgan fingerprint density at radius 3 is 2.30 bits per heavy atom. The predicted molar refractivity (Wildman–Crippen MR) is 134 cm³/mol. The van der Waals surface area contributed by atoms with Crippen molar-refractivity contribution in [2.24, 2.45) is 0 Å².